The van der Waals surface area contributed by atoms with Crippen LogP contribution in [-0.4, -0.2) is 19.0 Å². The van der Waals surface area contributed by atoms with Gasteiger partial charge in [-0.2, -0.15) is 0 Å². The van der Waals surface area contributed by atoms with Crippen molar-refractivity contribution < 1.29 is 9.47 Å². The van der Waals surface area contributed by atoms with Crippen LogP contribution >= 0.6 is 0 Å². The Bertz CT molecular complexity index is 635. The predicted octanol–water partition coefficient (Wildman–Crippen LogP) is 4.73. The first-order valence-corrected chi connectivity index (χ1v) is 9.28. The van der Waals surface area contributed by atoms with Gasteiger partial charge >= 0.3 is 0 Å². The van der Waals surface area contributed by atoms with Crippen LogP contribution in [0, 0.1) is 11.8 Å². The second-order valence-electron chi connectivity index (χ2n) is 7.45. The predicted molar refractivity (Wildman–Crippen MR) is 93.8 cm³/mol. The molecule has 0 radical (unpaired) electrons. The van der Waals surface area contributed by atoms with Crippen molar-refractivity contribution in [1.82, 2.24) is 0 Å². The summed E-state index contributed by atoms with van der Waals surface area (Å²) in [6.07, 6.45) is 3.92. The van der Waals surface area contributed by atoms with E-state index in [0.29, 0.717) is 36.9 Å². The first-order chi connectivity index (χ1) is 11.9. The highest BCUT2D eigenvalue weighted by atomic mass is 16.7. The SMILES string of the molecule is c1ccc(C2[C@H]3CCC[C@H]3C(c3ccccc3)C23OCCO3)cc1. The highest BCUT2D eigenvalue weighted by Crippen LogP contribution is 2.65. The zero-order valence-electron chi connectivity index (χ0n) is 13.9. The van der Waals surface area contributed by atoms with E-state index in [0.717, 1.165) is 0 Å². The lowest BCUT2D eigenvalue weighted by Gasteiger charge is -2.37. The normalized spacial score (nSPS) is 33.8. The topological polar surface area (TPSA) is 18.5 Å². The van der Waals surface area contributed by atoms with Gasteiger partial charge in [0.1, 0.15) is 0 Å². The standard InChI is InChI=1S/C22H24O2/c1-3-8-16(9-4-1)20-18-12-7-13-19(18)21(17-10-5-2-6-11-17)22(20)23-14-15-24-22/h1-6,8-11,18-21H,7,12-15H2/t18-,19+,20?,21?. The molecule has 124 valence electrons. The summed E-state index contributed by atoms with van der Waals surface area (Å²) >= 11 is 0. The van der Waals surface area contributed by atoms with Crippen LogP contribution < -0.4 is 0 Å². The lowest BCUT2D eigenvalue weighted by Crippen LogP contribution is -2.40. The number of hydrogen-bond acceptors (Lipinski definition) is 2. The Morgan fingerprint density at radius 1 is 0.667 bits per heavy atom. The monoisotopic (exact) mass is 320 g/mol. The van der Waals surface area contributed by atoms with Gasteiger partial charge in [0.25, 0.3) is 0 Å². The number of fused-ring (bicyclic) bond motifs is 1. The highest BCUT2D eigenvalue weighted by Gasteiger charge is 2.65. The van der Waals surface area contributed by atoms with E-state index < -0.39 is 5.79 Å². The molecule has 3 fully saturated rings. The zero-order chi connectivity index (χ0) is 16.0. The van der Waals surface area contributed by atoms with Gasteiger partial charge in [0.15, 0.2) is 5.79 Å². The fourth-order valence-corrected chi connectivity index (χ4v) is 5.72. The Balaban J connectivity index is 1.67. The molecule has 2 unspecified atom stereocenters. The minimum atomic E-state index is -0.474. The molecule has 2 saturated carbocycles. The first-order valence-electron chi connectivity index (χ1n) is 9.28. The van der Waals surface area contributed by atoms with Gasteiger partial charge in [-0.1, -0.05) is 67.1 Å². The summed E-state index contributed by atoms with van der Waals surface area (Å²) in [6.45, 7) is 1.43. The Morgan fingerprint density at radius 2 is 1.12 bits per heavy atom. The summed E-state index contributed by atoms with van der Waals surface area (Å²) in [6, 6.07) is 21.9. The molecule has 4 atom stereocenters. The maximum atomic E-state index is 6.45. The van der Waals surface area contributed by atoms with Crippen molar-refractivity contribution >= 4 is 0 Å². The van der Waals surface area contributed by atoms with E-state index >= 15 is 0 Å². The van der Waals surface area contributed by atoms with Crippen molar-refractivity contribution in [2.75, 3.05) is 13.2 Å². The average molecular weight is 320 g/mol. The number of hydrogen-bond donors (Lipinski definition) is 0. The summed E-state index contributed by atoms with van der Waals surface area (Å²) in [7, 11) is 0. The molecule has 0 bridgehead atoms. The molecule has 1 spiro atoms. The highest BCUT2D eigenvalue weighted by molar-refractivity contribution is 5.35. The van der Waals surface area contributed by atoms with E-state index in [9.17, 15) is 0 Å². The molecule has 1 heterocycles. The summed E-state index contributed by atoms with van der Waals surface area (Å²) in [5, 5.41) is 0. The number of benzene rings is 2. The second kappa shape index (κ2) is 5.72. The lowest BCUT2D eigenvalue weighted by atomic mass is 9.82. The first kappa shape index (κ1) is 14.7. The Labute approximate surface area is 143 Å². The largest absolute Gasteiger partial charge is 0.346 e. The molecule has 0 amide bonds. The molecule has 2 aromatic rings. The summed E-state index contributed by atoms with van der Waals surface area (Å²) in [4.78, 5) is 0. The van der Waals surface area contributed by atoms with Gasteiger partial charge in [-0.15, -0.1) is 0 Å². The minimum absolute atomic E-state index is 0.346. The van der Waals surface area contributed by atoms with Crippen LogP contribution in [0.4, 0.5) is 0 Å². The maximum Gasteiger partial charge on any atom is 0.182 e. The lowest BCUT2D eigenvalue weighted by molar-refractivity contribution is -0.180. The molecule has 2 heteroatoms. The molecule has 5 rings (SSSR count). The third-order valence-electron chi connectivity index (χ3n) is 6.40. The van der Waals surface area contributed by atoms with Crippen molar-refractivity contribution in [3.8, 4) is 0 Å². The minimum Gasteiger partial charge on any atom is -0.346 e. The van der Waals surface area contributed by atoms with E-state index in [-0.39, 0.29) is 0 Å². The van der Waals surface area contributed by atoms with Crippen molar-refractivity contribution in [2.24, 2.45) is 11.8 Å². The van der Waals surface area contributed by atoms with Crippen LogP contribution in [0.5, 0.6) is 0 Å². The molecule has 2 aromatic carbocycles. The van der Waals surface area contributed by atoms with Crippen LogP contribution in [0.3, 0.4) is 0 Å². The molecular weight excluding hydrogens is 296 g/mol. The van der Waals surface area contributed by atoms with E-state index in [1.54, 1.807) is 0 Å². The molecule has 0 aromatic heterocycles. The van der Waals surface area contributed by atoms with Crippen LogP contribution in [0.2, 0.25) is 0 Å². The quantitative estimate of drug-likeness (QED) is 0.796. The molecule has 2 aliphatic carbocycles. The molecular formula is C22H24O2. The van der Waals surface area contributed by atoms with Gasteiger partial charge in [-0.25, -0.2) is 0 Å². The Hall–Kier alpha value is -1.64. The average Bonchev–Trinajstić information content (AvgIpc) is 3.34. The second-order valence-corrected chi connectivity index (χ2v) is 7.45. The third-order valence-corrected chi connectivity index (χ3v) is 6.40. The van der Waals surface area contributed by atoms with Gasteiger partial charge in [-0.05, 0) is 35.8 Å². The molecule has 1 aliphatic heterocycles. The van der Waals surface area contributed by atoms with Crippen LogP contribution in [0.25, 0.3) is 0 Å². The van der Waals surface area contributed by atoms with Crippen LogP contribution in [-0.2, 0) is 9.47 Å². The number of ether oxygens (including phenoxy) is 2. The van der Waals surface area contributed by atoms with Crippen LogP contribution in [0.15, 0.2) is 60.7 Å². The third kappa shape index (κ3) is 2.03. The zero-order valence-corrected chi connectivity index (χ0v) is 13.9. The Kier molecular flexibility index (Phi) is 3.50. The maximum absolute atomic E-state index is 6.45. The smallest absolute Gasteiger partial charge is 0.182 e. The molecule has 0 N–H and O–H groups in total. The van der Waals surface area contributed by atoms with Crippen molar-refractivity contribution in [1.29, 1.82) is 0 Å². The van der Waals surface area contributed by atoms with Gasteiger partial charge in [-0.3, -0.25) is 0 Å². The van der Waals surface area contributed by atoms with Crippen molar-refractivity contribution in [3.63, 3.8) is 0 Å². The van der Waals surface area contributed by atoms with Gasteiger partial charge < -0.3 is 9.47 Å². The van der Waals surface area contributed by atoms with E-state index in [4.69, 9.17) is 9.47 Å². The van der Waals surface area contributed by atoms with Gasteiger partial charge in [0.2, 0.25) is 0 Å². The van der Waals surface area contributed by atoms with Crippen molar-refractivity contribution in [2.45, 2.75) is 36.9 Å². The summed E-state index contributed by atoms with van der Waals surface area (Å²) in [5.41, 5.74) is 2.77. The van der Waals surface area contributed by atoms with Gasteiger partial charge in [0, 0.05) is 11.8 Å². The fraction of sp³-hybridized carbons (Fsp3) is 0.455. The van der Waals surface area contributed by atoms with E-state index in [1.165, 1.54) is 30.4 Å². The summed E-state index contributed by atoms with van der Waals surface area (Å²) in [5.74, 6) is 1.54. The van der Waals surface area contributed by atoms with Crippen molar-refractivity contribution in [3.05, 3.63) is 71.8 Å². The van der Waals surface area contributed by atoms with Gasteiger partial charge in [0.05, 0.1) is 13.2 Å². The molecule has 1 saturated heterocycles. The fourth-order valence-electron chi connectivity index (χ4n) is 5.72. The van der Waals surface area contributed by atoms with E-state index in [1.807, 2.05) is 0 Å². The summed E-state index contributed by atoms with van der Waals surface area (Å²) < 4.78 is 12.9. The van der Waals surface area contributed by atoms with Crippen LogP contribution in [0.1, 0.15) is 42.2 Å². The number of rotatable bonds is 2. The Morgan fingerprint density at radius 3 is 1.58 bits per heavy atom. The molecule has 3 aliphatic rings. The molecule has 24 heavy (non-hydrogen) atoms. The molecule has 2 nitrogen and oxygen atoms in total. The van der Waals surface area contributed by atoms with E-state index in [2.05, 4.69) is 60.7 Å².